The number of nitrogens with one attached hydrogen (secondary N) is 1. The first kappa shape index (κ1) is 21.8. The van der Waals surface area contributed by atoms with E-state index < -0.39 is 5.97 Å². The molecule has 0 saturated carbocycles. The van der Waals surface area contributed by atoms with Crippen LogP contribution in [-0.4, -0.2) is 45.6 Å². The Hall–Kier alpha value is -2.99. The topological polar surface area (TPSA) is 78.3 Å². The molecule has 2 aromatic heterocycles. The number of carboxylic acid groups (broad SMARTS) is 1. The van der Waals surface area contributed by atoms with Crippen LogP contribution < -0.4 is 5.32 Å². The van der Waals surface area contributed by atoms with Crippen LogP contribution in [-0.2, 0) is 17.6 Å². The zero-order chi connectivity index (χ0) is 22.6. The maximum absolute atomic E-state index is 11.6. The number of fused-ring (bicyclic) bond motifs is 2. The highest BCUT2D eigenvalue weighted by Crippen LogP contribution is 2.34. The summed E-state index contributed by atoms with van der Waals surface area (Å²) in [6, 6.07) is 14.4. The molecule has 0 amide bonds. The van der Waals surface area contributed by atoms with Crippen molar-refractivity contribution in [1.82, 2.24) is 14.9 Å². The average Bonchev–Trinajstić information content (AvgIpc) is 2.81. The fourth-order valence-corrected chi connectivity index (χ4v) is 5.19. The Balaban J connectivity index is 1.12. The zero-order valence-electron chi connectivity index (χ0n) is 19.0. The van der Waals surface area contributed by atoms with E-state index in [9.17, 15) is 9.90 Å². The second kappa shape index (κ2) is 9.87. The van der Waals surface area contributed by atoms with Crippen LogP contribution in [0.25, 0.3) is 10.9 Å². The van der Waals surface area contributed by atoms with Crippen molar-refractivity contribution >= 4 is 22.7 Å². The Morgan fingerprint density at radius 1 is 1.18 bits per heavy atom. The number of likely N-dealkylation sites (tertiary alicyclic amines) is 1. The van der Waals surface area contributed by atoms with E-state index in [1.54, 1.807) is 0 Å². The summed E-state index contributed by atoms with van der Waals surface area (Å²) in [4.78, 5) is 23.2. The third-order valence-electron chi connectivity index (χ3n) is 7.04. The van der Waals surface area contributed by atoms with Gasteiger partial charge in [-0.2, -0.15) is 0 Å². The quantitative estimate of drug-likeness (QED) is 0.460. The Labute approximate surface area is 195 Å². The van der Waals surface area contributed by atoms with Gasteiger partial charge in [0.1, 0.15) is 5.82 Å². The number of rotatable bonds is 9. The Kier molecular flexibility index (Phi) is 6.53. The van der Waals surface area contributed by atoms with Crippen LogP contribution in [0.3, 0.4) is 0 Å². The molecule has 1 saturated heterocycles. The normalized spacial score (nSPS) is 17.2. The smallest absolute Gasteiger partial charge is 0.305 e. The Morgan fingerprint density at radius 3 is 2.94 bits per heavy atom. The van der Waals surface area contributed by atoms with Crippen molar-refractivity contribution in [2.24, 2.45) is 5.92 Å². The third-order valence-corrected chi connectivity index (χ3v) is 7.04. The number of benzene rings is 1. The van der Waals surface area contributed by atoms with Gasteiger partial charge in [-0.1, -0.05) is 30.7 Å². The van der Waals surface area contributed by atoms with E-state index in [2.05, 4.69) is 33.4 Å². The van der Waals surface area contributed by atoms with Gasteiger partial charge in [0.05, 0.1) is 11.9 Å². The first-order valence-electron chi connectivity index (χ1n) is 12.2. The lowest BCUT2D eigenvalue weighted by Crippen LogP contribution is -2.48. The molecule has 5 rings (SSSR count). The van der Waals surface area contributed by atoms with Gasteiger partial charge < -0.3 is 10.4 Å². The van der Waals surface area contributed by atoms with E-state index in [0.717, 1.165) is 61.2 Å². The molecule has 0 aliphatic carbocycles. The number of hydrogen-bond acceptors (Lipinski definition) is 5. The molecule has 1 fully saturated rings. The molecule has 6 nitrogen and oxygen atoms in total. The van der Waals surface area contributed by atoms with Crippen LogP contribution in [0, 0.1) is 5.92 Å². The monoisotopic (exact) mass is 444 g/mol. The van der Waals surface area contributed by atoms with Gasteiger partial charge in [0.25, 0.3) is 0 Å². The molecule has 0 unspecified atom stereocenters. The van der Waals surface area contributed by atoms with E-state index in [0.29, 0.717) is 5.92 Å². The molecule has 3 aromatic rings. The predicted octanol–water partition coefficient (Wildman–Crippen LogP) is 4.85. The summed E-state index contributed by atoms with van der Waals surface area (Å²) in [6.07, 6.45) is 8.84. The summed E-state index contributed by atoms with van der Waals surface area (Å²) >= 11 is 0. The van der Waals surface area contributed by atoms with Crippen molar-refractivity contribution in [3.05, 3.63) is 65.5 Å². The summed E-state index contributed by atoms with van der Waals surface area (Å²) in [5, 5.41) is 14.0. The molecular weight excluding hydrogens is 412 g/mol. The molecule has 2 aliphatic heterocycles. The average molecular weight is 445 g/mol. The van der Waals surface area contributed by atoms with Gasteiger partial charge in [-0.3, -0.25) is 14.7 Å². The van der Waals surface area contributed by atoms with Crippen molar-refractivity contribution in [2.45, 2.75) is 51.0 Å². The molecule has 1 aromatic carbocycles. The molecule has 172 valence electrons. The minimum Gasteiger partial charge on any atom is -0.481 e. The number of anilines is 1. The highest BCUT2D eigenvalue weighted by molar-refractivity contribution is 5.79. The van der Waals surface area contributed by atoms with Crippen LogP contribution in [0.5, 0.6) is 0 Å². The fourth-order valence-electron chi connectivity index (χ4n) is 5.19. The number of hydrogen-bond donors (Lipinski definition) is 2. The number of carbonyl (C=O) groups is 1. The van der Waals surface area contributed by atoms with Crippen LogP contribution in [0.1, 0.15) is 55.0 Å². The molecule has 0 spiro atoms. The summed E-state index contributed by atoms with van der Waals surface area (Å²) in [6.45, 7) is 2.96. The lowest BCUT2D eigenvalue weighted by atomic mass is 9.89. The molecule has 33 heavy (non-hydrogen) atoms. The van der Waals surface area contributed by atoms with Crippen molar-refractivity contribution in [3.8, 4) is 0 Å². The summed E-state index contributed by atoms with van der Waals surface area (Å²) in [5.41, 5.74) is 4.48. The highest BCUT2D eigenvalue weighted by atomic mass is 16.4. The maximum Gasteiger partial charge on any atom is 0.305 e. The van der Waals surface area contributed by atoms with Gasteiger partial charge in [0, 0.05) is 43.0 Å². The standard InChI is InChI=1S/C27H32N4O2/c32-26(33)15-25(22-14-21-7-2-4-10-24(21)29-16-22)31-17-19(18-31)6-1-3-9-23-12-11-20-8-5-13-28-27(20)30-23/h2,4,7,10-12,14,16,19,25H,1,3,5-6,8-9,13,15,17-18H2,(H,28,30)(H,32,33)/t25-/m0/s1. The number of carboxylic acids is 1. The van der Waals surface area contributed by atoms with Gasteiger partial charge >= 0.3 is 5.97 Å². The van der Waals surface area contributed by atoms with Crippen LogP contribution in [0.4, 0.5) is 5.82 Å². The zero-order valence-corrected chi connectivity index (χ0v) is 19.0. The molecule has 0 radical (unpaired) electrons. The largest absolute Gasteiger partial charge is 0.481 e. The molecule has 0 bridgehead atoms. The van der Waals surface area contributed by atoms with E-state index in [-0.39, 0.29) is 12.5 Å². The molecule has 4 heterocycles. The lowest BCUT2D eigenvalue weighted by Gasteiger charge is -2.44. The van der Waals surface area contributed by atoms with Crippen molar-refractivity contribution in [3.63, 3.8) is 0 Å². The molecular formula is C27H32N4O2. The second-order valence-corrected chi connectivity index (χ2v) is 9.48. The number of aliphatic carboxylic acids is 1. The molecule has 1 atom stereocenters. The van der Waals surface area contributed by atoms with E-state index >= 15 is 0 Å². The molecule has 6 heteroatoms. The Bertz CT molecular complexity index is 1130. The number of unbranched alkanes of at least 4 members (excludes halogenated alkanes) is 1. The first-order chi connectivity index (χ1) is 16.2. The second-order valence-electron chi connectivity index (χ2n) is 9.48. The van der Waals surface area contributed by atoms with Crippen LogP contribution in [0.2, 0.25) is 0 Å². The summed E-state index contributed by atoms with van der Waals surface area (Å²) in [7, 11) is 0. The van der Waals surface area contributed by atoms with Crippen molar-refractivity contribution in [2.75, 3.05) is 25.0 Å². The predicted molar refractivity (Wildman–Crippen MR) is 130 cm³/mol. The van der Waals surface area contributed by atoms with Gasteiger partial charge in [-0.25, -0.2) is 4.98 Å². The lowest BCUT2D eigenvalue weighted by molar-refractivity contribution is -0.139. The summed E-state index contributed by atoms with van der Waals surface area (Å²) in [5.74, 6) is 0.970. The van der Waals surface area contributed by atoms with Crippen LogP contribution >= 0.6 is 0 Å². The maximum atomic E-state index is 11.6. The number of para-hydroxylation sites is 1. The number of aryl methyl sites for hydroxylation is 2. The van der Waals surface area contributed by atoms with Gasteiger partial charge in [-0.05, 0) is 67.3 Å². The third kappa shape index (κ3) is 5.17. The Morgan fingerprint density at radius 2 is 2.06 bits per heavy atom. The number of pyridine rings is 2. The van der Waals surface area contributed by atoms with Crippen molar-refractivity contribution < 1.29 is 9.90 Å². The minimum atomic E-state index is -0.761. The fraction of sp³-hybridized carbons (Fsp3) is 0.444. The van der Waals surface area contributed by atoms with Crippen LogP contribution in [0.15, 0.2) is 48.7 Å². The van der Waals surface area contributed by atoms with E-state index in [4.69, 9.17) is 4.98 Å². The van der Waals surface area contributed by atoms with Gasteiger partial charge in [0.15, 0.2) is 0 Å². The van der Waals surface area contributed by atoms with E-state index in [1.165, 1.54) is 30.5 Å². The molecule has 2 aliphatic rings. The SMILES string of the molecule is O=C(O)C[C@@H](c1cnc2ccccc2c1)N1CC(CCCCc2ccc3c(n2)NCCC3)C1. The van der Waals surface area contributed by atoms with E-state index in [1.807, 2.05) is 30.5 Å². The first-order valence-corrected chi connectivity index (χ1v) is 12.2. The number of nitrogens with zero attached hydrogens (tertiary/aromatic N) is 3. The van der Waals surface area contributed by atoms with Gasteiger partial charge in [0.2, 0.25) is 0 Å². The minimum absolute atomic E-state index is 0.108. The van der Waals surface area contributed by atoms with Crippen molar-refractivity contribution in [1.29, 1.82) is 0 Å². The summed E-state index contributed by atoms with van der Waals surface area (Å²) < 4.78 is 0. The highest BCUT2D eigenvalue weighted by Gasteiger charge is 2.34. The number of aromatic nitrogens is 2. The molecule has 2 N–H and O–H groups in total. The van der Waals surface area contributed by atoms with Gasteiger partial charge in [-0.15, -0.1) is 0 Å².